The van der Waals surface area contributed by atoms with Gasteiger partial charge < -0.3 is 18.9 Å². The van der Waals surface area contributed by atoms with Crippen LogP contribution in [0.4, 0.5) is 5.69 Å². The average molecular weight is 469 g/mol. The Kier molecular flexibility index (Phi) is 5.79. The van der Waals surface area contributed by atoms with Crippen LogP contribution >= 0.6 is 0 Å². The molecule has 1 aliphatic rings. The van der Waals surface area contributed by atoms with Gasteiger partial charge in [0.1, 0.15) is 5.75 Å². The van der Waals surface area contributed by atoms with E-state index in [1.165, 1.54) is 0 Å². The van der Waals surface area contributed by atoms with Crippen LogP contribution in [0.25, 0.3) is 10.9 Å². The number of cyclic esters (lactones) is 1. The molecule has 1 atom stereocenters. The van der Waals surface area contributed by atoms with E-state index in [1.807, 2.05) is 49.3 Å². The molecule has 0 saturated heterocycles. The van der Waals surface area contributed by atoms with Crippen molar-refractivity contribution in [1.82, 2.24) is 4.57 Å². The lowest BCUT2D eigenvalue weighted by atomic mass is 9.78. The maximum Gasteiger partial charge on any atom is 0.340 e. The van der Waals surface area contributed by atoms with Crippen molar-refractivity contribution in [2.45, 2.75) is 38.8 Å². The summed E-state index contributed by atoms with van der Waals surface area (Å²) in [6.07, 6.45) is 2.19. The van der Waals surface area contributed by atoms with E-state index in [-0.39, 0.29) is 5.97 Å². The number of methoxy groups -OCH3 is 1. The summed E-state index contributed by atoms with van der Waals surface area (Å²) in [7, 11) is 5.61. The van der Waals surface area contributed by atoms with E-state index >= 15 is 0 Å². The topological polar surface area (TPSA) is 43.7 Å². The fourth-order valence-corrected chi connectivity index (χ4v) is 5.39. The Morgan fingerprint density at radius 3 is 2.46 bits per heavy atom. The molecule has 0 aliphatic carbocycles. The lowest BCUT2D eigenvalue weighted by molar-refractivity contribution is 0.0253. The zero-order valence-electron chi connectivity index (χ0n) is 21.1. The fourth-order valence-electron chi connectivity index (χ4n) is 5.39. The number of esters is 1. The van der Waals surface area contributed by atoms with Crippen molar-refractivity contribution in [3.8, 4) is 5.75 Å². The first-order valence-electron chi connectivity index (χ1n) is 12.2. The molecular formula is C30H32N2O3. The monoisotopic (exact) mass is 468 g/mol. The second-order valence-corrected chi connectivity index (χ2v) is 9.41. The Labute approximate surface area is 206 Å². The summed E-state index contributed by atoms with van der Waals surface area (Å²) in [4.78, 5) is 15.5. The Morgan fingerprint density at radius 2 is 1.77 bits per heavy atom. The number of rotatable bonds is 7. The SMILES string of the molecule is CCCCn1c(C)c(C2(c3ccc(OC)cc3)OC(=O)c3cc(N(C)C)ccc32)c2ccccc21. The molecular weight excluding hydrogens is 436 g/mol. The number of carbonyl (C=O) groups is 1. The number of fused-ring (bicyclic) bond motifs is 2. The Hall–Kier alpha value is -3.73. The molecule has 0 bridgehead atoms. The third kappa shape index (κ3) is 3.49. The van der Waals surface area contributed by atoms with Gasteiger partial charge in [-0.25, -0.2) is 4.79 Å². The van der Waals surface area contributed by atoms with E-state index in [2.05, 4.69) is 54.8 Å². The molecule has 0 saturated carbocycles. The summed E-state index contributed by atoms with van der Waals surface area (Å²) in [5.41, 5.74) is 5.61. The first-order valence-corrected chi connectivity index (χ1v) is 12.2. The van der Waals surface area contributed by atoms with Gasteiger partial charge in [-0.05, 0) is 43.7 Å². The minimum absolute atomic E-state index is 0.302. The highest BCUT2D eigenvalue weighted by Gasteiger charge is 2.51. The maximum atomic E-state index is 13.5. The van der Waals surface area contributed by atoms with Gasteiger partial charge in [0.25, 0.3) is 0 Å². The van der Waals surface area contributed by atoms with Gasteiger partial charge >= 0.3 is 5.97 Å². The Balaban J connectivity index is 1.86. The van der Waals surface area contributed by atoms with Gasteiger partial charge in [-0.1, -0.05) is 49.7 Å². The number of para-hydroxylation sites is 1. The van der Waals surface area contributed by atoms with Crippen LogP contribution in [0.5, 0.6) is 5.75 Å². The molecule has 0 amide bonds. The predicted molar refractivity (Wildman–Crippen MR) is 141 cm³/mol. The normalized spacial score (nSPS) is 16.9. The number of anilines is 1. The quantitative estimate of drug-likeness (QED) is 0.299. The van der Waals surface area contributed by atoms with Gasteiger partial charge in [0.05, 0.1) is 12.7 Å². The number of aryl methyl sites for hydroxylation is 1. The van der Waals surface area contributed by atoms with Crippen molar-refractivity contribution < 1.29 is 14.3 Å². The molecule has 1 unspecified atom stereocenters. The van der Waals surface area contributed by atoms with Gasteiger partial charge in [-0.2, -0.15) is 0 Å². The van der Waals surface area contributed by atoms with E-state index in [0.29, 0.717) is 5.56 Å². The summed E-state index contributed by atoms with van der Waals surface area (Å²) in [5.74, 6) is 0.461. The summed E-state index contributed by atoms with van der Waals surface area (Å²) >= 11 is 0. The number of hydrogen-bond donors (Lipinski definition) is 0. The van der Waals surface area contributed by atoms with Gasteiger partial charge in [0, 0.05) is 59.6 Å². The lowest BCUT2D eigenvalue weighted by Gasteiger charge is -2.31. The van der Waals surface area contributed by atoms with Crippen molar-refractivity contribution in [3.63, 3.8) is 0 Å². The van der Waals surface area contributed by atoms with Crippen LogP contribution in [0.2, 0.25) is 0 Å². The van der Waals surface area contributed by atoms with E-state index < -0.39 is 5.60 Å². The van der Waals surface area contributed by atoms with Crippen molar-refractivity contribution >= 4 is 22.6 Å². The number of aromatic nitrogens is 1. The first kappa shape index (κ1) is 23.0. The minimum atomic E-state index is -1.05. The number of carbonyl (C=O) groups excluding carboxylic acids is 1. The fraction of sp³-hybridized carbons (Fsp3) is 0.300. The molecule has 3 aromatic carbocycles. The molecule has 5 heteroatoms. The number of unbranched alkanes of at least 4 members (excludes halogenated alkanes) is 1. The number of nitrogens with zero attached hydrogens (tertiary/aromatic N) is 2. The lowest BCUT2D eigenvalue weighted by Crippen LogP contribution is -2.30. The molecule has 1 aliphatic heterocycles. The molecule has 0 spiro atoms. The van der Waals surface area contributed by atoms with Crippen molar-refractivity contribution in [3.05, 3.63) is 94.7 Å². The highest BCUT2D eigenvalue weighted by Crippen LogP contribution is 2.51. The predicted octanol–water partition coefficient (Wildman–Crippen LogP) is 6.29. The number of ether oxygens (including phenoxy) is 2. The zero-order valence-corrected chi connectivity index (χ0v) is 21.1. The summed E-state index contributed by atoms with van der Waals surface area (Å²) < 4.78 is 14.3. The smallest absolute Gasteiger partial charge is 0.340 e. The van der Waals surface area contributed by atoms with Gasteiger partial charge in [-0.15, -0.1) is 0 Å². The number of benzene rings is 3. The number of hydrogen-bond acceptors (Lipinski definition) is 4. The average Bonchev–Trinajstić information content (AvgIpc) is 3.33. The maximum absolute atomic E-state index is 13.5. The van der Waals surface area contributed by atoms with Gasteiger partial charge in [-0.3, -0.25) is 0 Å². The Bertz CT molecular complexity index is 1400. The summed E-state index contributed by atoms with van der Waals surface area (Å²) in [6, 6.07) is 22.4. The van der Waals surface area contributed by atoms with Gasteiger partial charge in [0.15, 0.2) is 5.60 Å². The zero-order chi connectivity index (χ0) is 24.7. The third-order valence-corrected chi connectivity index (χ3v) is 7.18. The highest BCUT2D eigenvalue weighted by atomic mass is 16.6. The van der Waals surface area contributed by atoms with Crippen molar-refractivity contribution in [2.75, 3.05) is 26.1 Å². The van der Waals surface area contributed by atoms with Crippen LogP contribution in [-0.2, 0) is 16.9 Å². The molecule has 0 N–H and O–H groups in total. The van der Waals surface area contributed by atoms with E-state index in [4.69, 9.17) is 9.47 Å². The van der Waals surface area contributed by atoms with Crippen LogP contribution in [-0.4, -0.2) is 31.7 Å². The van der Waals surface area contributed by atoms with E-state index in [9.17, 15) is 4.79 Å². The molecule has 5 nitrogen and oxygen atoms in total. The second-order valence-electron chi connectivity index (χ2n) is 9.41. The van der Waals surface area contributed by atoms with Crippen LogP contribution in [0.1, 0.15) is 52.5 Å². The van der Waals surface area contributed by atoms with E-state index in [0.717, 1.165) is 64.1 Å². The largest absolute Gasteiger partial charge is 0.497 e. The van der Waals surface area contributed by atoms with Crippen molar-refractivity contribution in [1.29, 1.82) is 0 Å². The van der Waals surface area contributed by atoms with Crippen LogP contribution in [0.3, 0.4) is 0 Å². The molecule has 0 fully saturated rings. The van der Waals surface area contributed by atoms with Crippen LogP contribution < -0.4 is 9.64 Å². The minimum Gasteiger partial charge on any atom is -0.497 e. The molecule has 4 aromatic rings. The first-order chi connectivity index (χ1) is 16.9. The molecule has 5 rings (SSSR count). The molecule has 180 valence electrons. The molecule has 0 radical (unpaired) electrons. The molecule has 35 heavy (non-hydrogen) atoms. The van der Waals surface area contributed by atoms with E-state index in [1.54, 1.807) is 7.11 Å². The third-order valence-electron chi connectivity index (χ3n) is 7.18. The molecule has 2 heterocycles. The second kappa shape index (κ2) is 8.81. The summed E-state index contributed by atoms with van der Waals surface area (Å²) in [6.45, 7) is 5.27. The summed E-state index contributed by atoms with van der Waals surface area (Å²) in [5, 5.41) is 1.11. The van der Waals surface area contributed by atoms with Crippen molar-refractivity contribution in [2.24, 2.45) is 0 Å². The molecule has 1 aromatic heterocycles. The standard InChI is InChI=1S/C30H32N2O3/c1-6-7-18-32-20(2)28(24-10-8-9-11-27(24)32)30(21-12-15-23(34-5)16-13-21)26-17-14-22(31(3)4)19-25(26)29(33)35-30/h8-17,19H,6-7,18H2,1-5H3. The van der Waals surface area contributed by atoms with Gasteiger partial charge in [0.2, 0.25) is 0 Å². The highest BCUT2D eigenvalue weighted by molar-refractivity contribution is 5.99. The van der Waals surface area contributed by atoms with Crippen LogP contribution in [0, 0.1) is 6.92 Å². The Morgan fingerprint density at radius 1 is 1.03 bits per heavy atom. The van der Waals surface area contributed by atoms with Crippen LogP contribution in [0.15, 0.2) is 66.7 Å².